The molecule has 2 aromatic carbocycles. The van der Waals surface area contributed by atoms with Crippen molar-refractivity contribution in [1.29, 1.82) is 0 Å². The lowest BCUT2D eigenvalue weighted by atomic mass is 9.96. The largest absolute Gasteiger partial charge is 0.496 e. The fourth-order valence-electron chi connectivity index (χ4n) is 2.74. The lowest BCUT2D eigenvalue weighted by Gasteiger charge is -2.16. The van der Waals surface area contributed by atoms with E-state index in [1.54, 1.807) is 38.3 Å². The van der Waals surface area contributed by atoms with E-state index in [2.05, 4.69) is 5.32 Å². The molecule has 0 aliphatic rings. The van der Waals surface area contributed by atoms with Crippen LogP contribution in [0.2, 0.25) is 0 Å². The van der Waals surface area contributed by atoms with Crippen LogP contribution in [0.3, 0.4) is 0 Å². The first-order valence-corrected chi connectivity index (χ1v) is 8.65. The van der Waals surface area contributed by atoms with Gasteiger partial charge in [-0.1, -0.05) is 26.0 Å². The summed E-state index contributed by atoms with van der Waals surface area (Å²) in [5.74, 6) is 0.242. The van der Waals surface area contributed by atoms with E-state index in [0.29, 0.717) is 16.8 Å². The first kappa shape index (κ1) is 19.5. The number of ether oxygens (including phenoxy) is 2. The van der Waals surface area contributed by atoms with Crippen LogP contribution in [0.15, 0.2) is 36.4 Å². The summed E-state index contributed by atoms with van der Waals surface area (Å²) in [4.78, 5) is 24.9. The molecule has 2 aromatic rings. The minimum atomic E-state index is -0.460. The van der Waals surface area contributed by atoms with E-state index in [1.807, 2.05) is 32.9 Å². The van der Waals surface area contributed by atoms with Crippen LogP contribution < -0.4 is 10.1 Å². The molecule has 1 amide bonds. The van der Waals surface area contributed by atoms with Crippen molar-refractivity contribution in [2.45, 2.75) is 33.6 Å². The molecule has 0 heterocycles. The highest BCUT2D eigenvalue weighted by Crippen LogP contribution is 2.30. The van der Waals surface area contributed by atoms with Gasteiger partial charge in [0.1, 0.15) is 5.75 Å². The van der Waals surface area contributed by atoms with E-state index in [0.717, 1.165) is 16.9 Å². The number of carbonyl (C=O) groups is 2. The minimum absolute atomic E-state index is 0.212. The fourth-order valence-corrected chi connectivity index (χ4v) is 2.74. The van der Waals surface area contributed by atoms with Crippen LogP contribution in [0.1, 0.15) is 58.5 Å². The first-order valence-electron chi connectivity index (χ1n) is 8.65. The lowest BCUT2D eigenvalue weighted by molar-refractivity contribution is 0.0527. The summed E-state index contributed by atoms with van der Waals surface area (Å²) in [6.07, 6.45) is 0. The van der Waals surface area contributed by atoms with E-state index in [1.165, 1.54) is 0 Å². The van der Waals surface area contributed by atoms with Gasteiger partial charge in [-0.2, -0.15) is 0 Å². The molecule has 138 valence electrons. The summed E-state index contributed by atoms with van der Waals surface area (Å²) in [5, 5.41) is 2.83. The summed E-state index contributed by atoms with van der Waals surface area (Å²) >= 11 is 0. The van der Waals surface area contributed by atoms with Gasteiger partial charge in [0.2, 0.25) is 0 Å². The van der Waals surface area contributed by atoms with Gasteiger partial charge in [-0.05, 0) is 55.2 Å². The molecule has 0 atom stereocenters. The van der Waals surface area contributed by atoms with Crippen molar-refractivity contribution >= 4 is 17.6 Å². The molecular weight excluding hydrogens is 330 g/mol. The Balaban J connectivity index is 2.37. The third-order valence-electron chi connectivity index (χ3n) is 4.11. The Labute approximate surface area is 154 Å². The van der Waals surface area contributed by atoms with Crippen molar-refractivity contribution in [2.75, 3.05) is 19.0 Å². The number of hydrogen-bond acceptors (Lipinski definition) is 4. The third-order valence-corrected chi connectivity index (χ3v) is 4.11. The number of benzene rings is 2. The maximum atomic E-state index is 12.8. The average Bonchev–Trinajstić information content (AvgIpc) is 2.61. The van der Waals surface area contributed by atoms with Gasteiger partial charge in [0.15, 0.2) is 0 Å². The van der Waals surface area contributed by atoms with Gasteiger partial charge in [0.25, 0.3) is 5.91 Å². The molecule has 0 spiro atoms. The van der Waals surface area contributed by atoms with Gasteiger partial charge >= 0.3 is 5.97 Å². The molecule has 0 radical (unpaired) electrons. The number of carbonyl (C=O) groups excluding carboxylic acids is 2. The van der Waals surface area contributed by atoms with E-state index in [9.17, 15) is 9.59 Å². The molecule has 5 nitrogen and oxygen atoms in total. The Morgan fingerprint density at radius 3 is 2.42 bits per heavy atom. The van der Waals surface area contributed by atoms with Crippen LogP contribution in [-0.2, 0) is 4.74 Å². The monoisotopic (exact) mass is 355 g/mol. The molecule has 0 unspecified atom stereocenters. The summed E-state index contributed by atoms with van der Waals surface area (Å²) in [6.45, 7) is 7.97. The van der Waals surface area contributed by atoms with Crippen molar-refractivity contribution in [3.63, 3.8) is 0 Å². The van der Waals surface area contributed by atoms with Gasteiger partial charge < -0.3 is 14.8 Å². The number of esters is 1. The van der Waals surface area contributed by atoms with Gasteiger partial charge in [0, 0.05) is 5.56 Å². The number of para-hydroxylation sites is 1. The summed E-state index contributed by atoms with van der Waals surface area (Å²) in [6, 6.07) is 10.5. The Kier molecular flexibility index (Phi) is 6.39. The third kappa shape index (κ3) is 4.23. The van der Waals surface area contributed by atoms with Crippen molar-refractivity contribution in [3.8, 4) is 5.75 Å². The van der Waals surface area contributed by atoms with Crippen molar-refractivity contribution in [3.05, 3.63) is 58.7 Å². The molecule has 0 saturated heterocycles. The average molecular weight is 355 g/mol. The molecule has 1 N–H and O–H groups in total. The predicted molar refractivity (Wildman–Crippen MR) is 102 cm³/mol. The van der Waals surface area contributed by atoms with Gasteiger partial charge in [-0.15, -0.1) is 0 Å². The summed E-state index contributed by atoms with van der Waals surface area (Å²) in [5.41, 5.74) is 3.07. The Bertz CT molecular complexity index is 812. The SMILES string of the molecule is CCOC(=O)c1ccccc1NC(=O)c1cc(C(C)C)c(OC)cc1C. The van der Waals surface area contributed by atoms with Gasteiger partial charge in [-0.3, -0.25) is 4.79 Å². The number of amides is 1. The highest BCUT2D eigenvalue weighted by Gasteiger charge is 2.18. The zero-order valence-electron chi connectivity index (χ0n) is 15.9. The van der Waals surface area contributed by atoms with Crippen LogP contribution in [0.25, 0.3) is 0 Å². The zero-order valence-corrected chi connectivity index (χ0v) is 15.9. The Hall–Kier alpha value is -2.82. The molecule has 5 heteroatoms. The smallest absolute Gasteiger partial charge is 0.340 e. The second-order valence-electron chi connectivity index (χ2n) is 6.28. The van der Waals surface area contributed by atoms with Crippen LogP contribution in [0, 0.1) is 6.92 Å². The van der Waals surface area contributed by atoms with Crippen molar-refractivity contribution < 1.29 is 19.1 Å². The van der Waals surface area contributed by atoms with Gasteiger partial charge in [0.05, 0.1) is 25.0 Å². The predicted octanol–water partition coefficient (Wildman–Crippen LogP) is 4.56. The van der Waals surface area contributed by atoms with E-state index < -0.39 is 5.97 Å². The first-order chi connectivity index (χ1) is 12.4. The highest BCUT2D eigenvalue weighted by molar-refractivity contribution is 6.08. The topological polar surface area (TPSA) is 64.6 Å². The number of aryl methyl sites for hydroxylation is 1. The Morgan fingerprint density at radius 2 is 1.81 bits per heavy atom. The second kappa shape index (κ2) is 8.52. The fraction of sp³-hybridized carbons (Fsp3) is 0.333. The van der Waals surface area contributed by atoms with E-state index in [-0.39, 0.29) is 18.4 Å². The molecule has 0 aliphatic heterocycles. The van der Waals surface area contributed by atoms with Crippen molar-refractivity contribution in [1.82, 2.24) is 0 Å². The molecule has 2 rings (SSSR count). The molecular formula is C21H25NO4. The number of hydrogen-bond donors (Lipinski definition) is 1. The zero-order chi connectivity index (χ0) is 19.3. The Morgan fingerprint density at radius 1 is 1.12 bits per heavy atom. The lowest BCUT2D eigenvalue weighted by Crippen LogP contribution is -2.17. The molecule has 0 aliphatic carbocycles. The number of anilines is 1. The van der Waals surface area contributed by atoms with E-state index in [4.69, 9.17) is 9.47 Å². The maximum Gasteiger partial charge on any atom is 0.340 e. The number of nitrogens with one attached hydrogen (secondary N) is 1. The maximum absolute atomic E-state index is 12.8. The number of rotatable bonds is 6. The van der Waals surface area contributed by atoms with Crippen LogP contribution in [0.4, 0.5) is 5.69 Å². The quantitative estimate of drug-likeness (QED) is 0.772. The molecule has 0 fully saturated rings. The summed E-state index contributed by atoms with van der Waals surface area (Å²) in [7, 11) is 1.62. The molecule has 0 bridgehead atoms. The van der Waals surface area contributed by atoms with Crippen LogP contribution in [0.5, 0.6) is 5.75 Å². The van der Waals surface area contributed by atoms with Gasteiger partial charge in [-0.25, -0.2) is 4.79 Å². The van der Waals surface area contributed by atoms with Crippen LogP contribution >= 0.6 is 0 Å². The van der Waals surface area contributed by atoms with Crippen molar-refractivity contribution in [2.24, 2.45) is 0 Å². The minimum Gasteiger partial charge on any atom is -0.496 e. The second-order valence-corrected chi connectivity index (χ2v) is 6.28. The molecule has 0 aromatic heterocycles. The molecule has 26 heavy (non-hydrogen) atoms. The standard InChI is InChI=1S/C21H25NO4/c1-6-26-21(24)15-9-7-8-10-18(15)22-20(23)17-12-16(13(2)3)19(25-5)11-14(17)4/h7-13H,6H2,1-5H3,(H,22,23). The van der Waals surface area contributed by atoms with E-state index >= 15 is 0 Å². The summed E-state index contributed by atoms with van der Waals surface area (Å²) < 4.78 is 10.5. The normalized spacial score (nSPS) is 10.5. The van der Waals surface area contributed by atoms with Crippen LogP contribution in [-0.4, -0.2) is 25.6 Å². The molecule has 0 saturated carbocycles. The highest BCUT2D eigenvalue weighted by atomic mass is 16.5. The number of methoxy groups -OCH3 is 1.